The van der Waals surface area contributed by atoms with E-state index >= 15 is 0 Å². The van der Waals surface area contributed by atoms with Gasteiger partial charge < -0.3 is 30.7 Å². The molecular weight excluding hydrogens is 560 g/mol. The molecule has 1 fully saturated rings. The van der Waals surface area contributed by atoms with Crippen molar-refractivity contribution in [3.63, 3.8) is 0 Å². The predicted molar refractivity (Wildman–Crippen MR) is 159 cm³/mol. The first kappa shape index (κ1) is 32.6. The van der Waals surface area contributed by atoms with Crippen LogP contribution in [0.2, 0.25) is 0 Å². The molecule has 0 spiro atoms. The Balaban J connectivity index is 2.00. The molecule has 5 amide bonds. The van der Waals surface area contributed by atoms with E-state index in [9.17, 15) is 24.0 Å². The van der Waals surface area contributed by atoms with E-state index in [4.69, 9.17) is 4.52 Å². The van der Waals surface area contributed by atoms with Crippen LogP contribution in [0, 0.1) is 12.8 Å². The number of rotatable bonds is 7. The fraction of sp³-hybridized carbons (Fsp3) is 0.517. The zero-order valence-electron chi connectivity index (χ0n) is 24.6. The van der Waals surface area contributed by atoms with Crippen molar-refractivity contribution in [1.82, 2.24) is 31.3 Å². The zero-order valence-corrected chi connectivity index (χ0v) is 25.5. The maximum Gasteiger partial charge on any atom is 0.293 e. The van der Waals surface area contributed by atoms with E-state index in [0.717, 1.165) is 5.56 Å². The number of amides is 5. The maximum atomic E-state index is 13.5. The molecule has 0 unspecified atom stereocenters. The van der Waals surface area contributed by atoms with Crippen LogP contribution in [0.15, 0.2) is 40.9 Å². The first-order chi connectivity index (χ1) is 20.0. The summed E-state index contributed by atoms with van der Waals surface area (Å²) in [6.07, 6.45) is 2.57. The van der Waals surface area contributed by atoms with E-state index in [1.807, 2.05) is 36.6 Å². The highest BCUT2D eigenvalue weighted by Crippen LogP contribution is 2.12. The highest BCUT2D eigenvalue weighted by atomic mass is 32.2. The van der Waals surface area contributed by atoms with Crippen LogP contribution in [0.25, 0.3) is 0 Å². The second-order valence-electron chi connectivity index (χ2n) is 10.8. The van der Waals surface area contributed by atoms with E-state index in [1.165, 1.54) is 22.7 Å². The van der Waals surface area contributed by atoms with Crippen LogP contribution in [-0.4, -0.2) is 88.9 Å². The minimum absolute atomic E-state index is 0.0534. The summed E-state index contributed by atoms with van der Waals surface area (Å²) in [5.74, 6) is -2.45. The van der Waals surface area contributed by atoms with Crippen molar-refractivity contribution in [3.8, 4) is 0 Å². The second kappa shape index (κ2) is 15.4. The number of carbonyl (C=O) groups is 5. The molecule has 3 rings (SSSR count). The molecule has 12 nitrogen and oxygen atoms in total. The molecule has 2 heterocycles. The van der Waals surface area contributed by atoms with Gasteiger partial charge >= 0.3 is 0 Å². The Hall–Kier alpha value is -3.87. The lowest BCUT2D eigenvalue weighted by Crippen LogP contribution is -2.57. The van der Waals surface area contributed by atoms with Crippen molar-refractivity contribution < 1.29 is 28.5 Å². The largest absolute Gasteiger partial charge is 0.351 e. The summed E-state index contributed by atoms with van der Waals surface area (Å²) in [4.78, 5) is 67.9. The zero-order chi connectivity index (χ0) is 30.8. The molecule has 1 aromatic heterocycles. The van der Waals surface area contributed by atoms with E-state index in [0.29, 0.717) is 24.3 Å². The molecule has 42 heavy (non-hydrogen) atoms. The highest BCUT2D eigenvalue weighted by molar-refractivity contribution is 7.98. The van der Waals surface area contributed by atoms with Gasteiger partial charge in [-0.05, 0) is 50.2 Å². The number of aryl methyl sites for hydroxylation is 1. The first-order valence-corrected chi connectivity index (χ1v) is 15.3. The molecule has 2 aromatic rings. The van der Waals surface area contributed by atoms with Crippen LogP contribution >= 0.6 is 11.8 Å². The Labute approximate surface area is 250 Å². The number of thioether (sulfide) groups is 1. The third-order valence-corrected chi connectivity index (χ3v) is 7.48. The maximum absolute atomic E-state index is 13.5. The molecule has 1 aromatic carbocycles. The van der Waals surface area contributed by atoms with Crippen molar-refractivity contribution >= 4 is 41.3 Å². The minimum Gasteiger partial charge on any atom is -0.351 e. The fourth-order valence-corrected chi connectivity index (χ4v) is 5.04. The number of nitrogens with one attached hydrogen (secondary N) is 4. The Kier molecular flexibility index (Phi) is 12.0. The number of aromatic nitrogens is 1. The summed E-state index contributed by atoms with van der Waals surface area (Å²) in [5.41, 5.74) is 1.39. The molecule has 228 valence electrons. The molecule has 1 aliphatic heterocycles. The summed E-state index contributed by atoms with van der Waals surface area (Å²) >= 11 is 1.52. The van der Waals surface area contributed by atoms with Crippen LogP contribution in [0.1, 0.15) is 49.0 Å². The molecule has 0 saturated carbocycles. The highest BCUT2D eigenvalue weighted by Gasteiger charge is 2.33. The van der Waals surface area contributed by atoms with Gasteiger partial charge in [-0.15, -0.1) is 0 Å². The van der Waals surface area contributed by atoms with Crippen molar-refractivity contribution in [2.45, 2.75) is 64.7 Å². The topological polar surface area (TPSA) is 163 Å². The van der Waals surface area contributed by atoms with Crippen LogP contribution < -0.4 is 21.3 Å². The van der Waals surface area contributed by atoms with E-state index in [1.54, 1.807) is 27.7 Å². The molecule has 1 aliphatic rings. The summed E-state index contributed by atoms with van der Waals surface area (Å²) in [6.45, 7) is 6.32. The third-order valence-electron chi connectivity index (χ3n) is 6.83. The Morgan fingerprint density at radius 2 is 1.76 bits per heavy atom. The number of carbonyl (C=O) groups excluding carboxylic acids is 5. The fourth-order valence-electron chi connectivity index (χ4n) is 4.56. The van der Waals surface area contributed by atoms with Crippen molar-refractivity contribution in [3.05, 3.63) is 53.4 Å². The van der Waals surface area contributed by atoms with Crippen LogP contribution in [0.4, 0.5) is 0 Å². The number of nitrogens with zero attached hydrogens (tertiary/aromatic N) is 2. The Morgan fingerprint density at radius 1 is 1.05 bits per heavy atom. The number of benzene rings is 1. The molecule has 13 heteroatoms. The van der Waals surface area contributed by atoms with E-state index in [-0.39, 0.29) is 18.2 Å². The lowest BCUT2D eigenvalue weighted by Gasteiger charge is -2.29. The average Bonchev–Trinajstić information content (AvgIpc) is 3.38. The summed E-state index contributed by atoms with van der Waals surface area (Å²) < 4.78 is 5.19. The molecular formula is C29H40N6O6S. The first-order valence-electron chi connectivity index (χ1n) is 13.9. The van der Waals surface area contributed by atoms with E-state index < -0.39 is 60.2 Å². The van der Waals surface area contributed by atoms with Gasteiger partial charge in [0.05, 0.1) is 11.7 Å². The number of hydrogen-bond acceptors (Lipinski definition) is 8. The molecule has 1 saturated heterocycles. The van der Waals surface area contributed by atoms with Gasteiger partial charge in [0.1, 0.15) is 24.7 Å². The second-order valence-corrected chi connectivity index (χ2v) is 11.8. The molecule has 4 N–H and O–H groups in total. The monoisotopic (exact) mass is 600 g/mol. The normalized spacial score (nSPS) is 22.9. The number of hydrogen-bond donors (Lipinski definition) is 4. The van der Waals surface area contributed by atoms with Gasteiger partial charge in [-0.25, -0.2) is 0 Å². The lowest BCUT2D eigenvalue weighted by atomic mass is 10.0. The van der Waals surface area contributed by atoms with E-state index in [2.05, 4.69) is 26.4 Å². The summed E-state index contributed by atoms with van der Waals surface area (Å²) in [5, 5.41) is 14.9. The van der Waals surface area contributed by atoms with Crippen molar-refractivity contribution in [2.24, 2.45) is 5.92 Å². The molecule has 0 radical (unpaired) electrons. The summed E-state index contributed by atoms with van der Waals surface area (Å²) in [7, 11) is 0. The standard InChI is InChI=1S/C29H40N6O6S/c1-17(2)25-28(39)32-22(11-12-42-5)27(38)30-19(4)26(37)31-21(14-20-9-7-6-8-10-20)15-35(16-24(36)33-25)29(40)23-13-18(3)34-41-23/h6-10,13,17,19,21-22,25H,11-12,14-16H2,1-5H3,(H,30,38)(H,31,37)(H,32,39)(H,33,36)/t19-,21+,22-,25-/m0/s1. The smallest absolute Gasteiger partial charge is 0.293 e. The van der Waals surface area contributed by atoms with Gasteiger partial charge in [0, 0.05) is 12.6 Å². The third kappa shape index (κ3) is 9.33. The van der Waals surface area contributed by atoms with Gasteiger partial charge in [-0.3, -0.25) is 24.0 Å². The summed E-state index contributed by atoms with van der Waals surface area (Å²) in [6, 6.07) is 7.43. The Bertz CT molecular complexity index is 1250. The SMILES string of the molecule is CSCC[C@@H]1NC(=O)[C@H](C(C)C)NC(=O)CN(C(=O)c2cc(C)no2)C[C@@H](Cc2ccccc2)NC(=O)[C@H](C)NC1=O. The molecule has 0 bridgehead atoms. The van der Waals surface area contributed by atoms with Gasteiger partial charge in [-0.2, -0.15) is 11.8 Å². The minimum atomic E-state index is -0.964. The lowest BCUT2D eigenvalue weighted by molar-refractivity contribution is -0.134. The van der Waals surface area contributed by atoms with Crippen LogP contribution in [-0.2, 0) is 25.6 Å². The van der Waals surface area contributed by atoms with Crippen molar-refractivity contribution in [1.29, 1.82) is 0 Å². The Morgan fingerprint density at radius 3 is 2.38 bits per heavy atom. The van der Waals surface area contributed by atoms with Crippen LogP contribution in [0.3, 0.4) is 0 Å². The molecule has 0 aliphatic carbocycles. The quantitative estimate of drug-likeness (QED) is 0.367. The van der Waals surface area contributed by atoms with Gasteiger partial charge in [0.25, 0.3) is 5.91 Å². The predicted octanol–water partition coefficient (Wildman–Crippen LogP) is 1.05. The van der Waals surface area contributed by atoms with Crippen LogP contribution in [0.5, 0.6) is 0 Å². The van der Waals surface area contributed by atoms with Gasteiger partial charge in [-0.1, -0.05) is 49.3 Å². The van der Waals surface area contributed by atoms with Gasteiger partial charge in [0.2, 0.25) is 29.4 Å². The average molecular weight is 601 g/mol. The van der Waals surface area contributed by atoms with Gasteiger partial charge in [0.15, 0.2) is 0 Å². The molecule has 4 atom stereocenters. The van der Waals surface area contributed by atoms with Crippen molar-refractivity contribution in [2.75, 3.05) is 25.1 Å².